The van der Waals surface area contributed by atoms with Crippen molar-refractivity contribution < 1.29 is 0 Å². The summed E-state index contributed by atoms with van der Waals surface area (Å²) < 4.78 is 12.6. The Bertz CT molecular complexity index is 1370. The number of nitrogens with zero attached hydrogens (tertiary/aromatic N) is 3. The molecule has 5 heteroatoms. The monoisotopic (exact) mass is 491 g/mol. The van der Waals surface area contributed by atoms with Gasteiger partial charge in [0.05, 0.1) is 11.7 Å². The molecule has 0 aliphatic heterocycles. The highest BCUT2D eigenvalue weighted by Crippen LogP contribution is 2.36. The van der Waals surface area contributed by atoms with E-state index < -0.39 is 0 Å². The molecule has 0 N–H and O–H groups in total. The molecule has 0 amide bonds. The highest BCUT2D eigenvalue weighted by Gasteiger charge is 2.14. The smallest absolute Gasteiger partial charge is 0.119 e. The highest BCUT2D eigenvalue weighted by molar-refractivity contribution is 9.10. The van der Waals surface area contributed by atoms with Gasteiger partial charge in [-0.2, -0.15) is 8.75 Å². The van der Waals surface area contributed by atoms with Crippen LogP contribution in [0.1, 0.15) is 39.5 Å². The van der Waals surface area contributed by atoms with Gasteiger partial charge in [0.25, 0.3) is 0 Å². The van der Waals surface area contributed by atoms with Crippen LogP contribution in [-0.2, 0) is 6.54 Å². The second-order valence-corrected chi connectivity index (χ2v) is 10.1. The Kier molecular flexibility index (Phi) is 5.81. The van der Waals surface area contributed by atoms with E-state index in [1.807, 2.05) is 0 Å². The van der Waals surface area contributed by atoms with Crippen LogP contribution in [0.25, 0.3) is 44.0 Å². The van der Waals surface area contributed by atoms with E-state index >= 15 is 0 Å². The summed E-state index contributed by atoms with van der Waals surface area (Å²) in [4.78, 5) is 0. The molecule has 0 saturated carbocycles. The molecular formula is C26H26BrN3S. The van der Waals surface area contributed by atoms with Crippen molar-refractivity contribution in [1.29, 1.82) is 0 Å². The lowest BCUT2D eigenvalue weighted by atomic mass is 10.0. The molecule has 5 aromatic rings. The van der Waals surface area contributed by atoms with Crippen LogP contribution in [0.5, 0.6) is 0 Å². The van der Waals surface area contributed by atoms with Gasteiger partial charge in [0.2, 0.25) is 0 Å². The SMILES string of the molecule is CC(C)CCCCCn1c2ccccc2c2ccc(-c3ccc(Br)c4nsnc34)cc21. The van der Waals surface area contributed by atoms with Crippen LogP contribution < -0.4 is 0 Å². The van der Waals surface area contributed by atoms with Crippen LogP contribution in [-0.4, -0.2) is 13.3 Å². The van der Waals surface area contributed by atoms with Crippen LogP contribution in [0.2, 0.25) is 0 Å². The maximum absolute atomic E-state index is 4.58. The third kappa shape index (κ3) is 3.90. The van der Waals surface area contributed by atoms with Crippen LogP contribution in [0.4, 0.5) is 0 Å². The molecule has 0 saturated heterocycles. The Morgan fingerprint density at radius 2 is 1.68 bits per heavy atom. The normalized spacial score (nSPS) is 12.0. The summed E-state index contributed by atoms with van der Waals surface area (Å²) in [5, 5.41) is 2.66. The first kappa shape index (κ1) is 20.7. The summed E-state index contributed by atoms with van der Waals surface area (Å²) in [6, 6.07) is 19.9. The van der Waals surface area contributed by atoms with Gasteiger partial charge in [0.1, 0.15) is 11.0 Å². The number of rotatable bonds is 7. The molecule has 0 atom stereocenters. The van der Waals surface area contributed by atoms with Gasteiger partial charge in [0, 0.05) is 38.4 Å². The summed E-state index contributed by atoms with van der Waals surface area (Å²) in [6.45, 7) is 5.68. The van der Waals surface area contributed by atoms with Crippen molar-refractivity contribution in [2.45, 2.75) is 46.1 Å². The molecule has 0 radical (unpaired) electrons. The summed E-state index contributed by atoms with van der Waals surface area (Å²) in [5.41, 5.74) is 6.88. The number of hydrogen-bond donors (Lipinski definition) is 0. The van der Waals surface area contributed by atoms with E-state index in [0.717, 1.165) is 33.5 Å². The molecule has 0 unspecified atom stereocenters. The fraction of sp³-hybridized carbons (Fsp3) is 0.308. The van der Waals surface area contributed by atoms with Gasteiger partial charge in [-0.3, -0.25) is 0 Å². The van der Waals surface area contributed by atoms with E-state index in [1.165, 1.54) is 64.8 Å². The number of benzene rings is 3. The van der Waals surface area contributed by atoms with E-state index in [2.05, 4.69) is 97.7 Å². The van der Waals surface area contributed by atoms with Crippen molar-refractivity contribution in [1.82, 2.24) is 13.3 Å². The standard InChI is InChI=1S/C26H26BrN3S/c1-17(2)8-4-3-7-15-30-23-10-6-5-9-20(23)21-12-11-18(16-24(21)30)19-13-14-22(27)26-25(19)28-31-29-26/h5-6,9-14,16-17H,3-4,7-8,15H2,1-2H3. The average Bonchev–Trinajstić information content (AvgIpc) is 3.38. The number of aryl methyl sites for hydroxylation is 1. The van der Waals surface area contributed by atoms with Gasteiger partial charge >= 0.3 is 0 Å². The van der Waals surface area contributed by atoms with Gasteiger partial charge < -0.3 is 4.57 Å². The van der Waals surface area contributed by atoms with Crippen molar-refractivity contribution in [2.75, 3.05) is 0 Å². The molecule has 3 aromatic carbocycles. The Hall–Kier alpha value is -2.24. The third-order valence-corrected chi connectivity index (χ3v) is 7.28. The van der Waals surface area contributed by atoms with E-state index in [0.29, 0.717) is 0 Å². The summed E-state index contributed by atoms with van der Waals surface area (Å²) in [5.74, 6) is 0.791. The van der Waals surface area contributed by atoms with Crippen LogP contribution in [0.15, 0.2) is 59.1 Å². The van der Waals surface area contributed by atoms with Gasteiger partial charge in [0.15, 0.2) is 0 Å². The molecule has 158 valence electrons. The summed E-state index contributed by atoms with van der Waals surface area (Å²) in [6.07, 6.45) is 5.12. The van der Waals surface area contributed by atoms with Crippen molar-refractivity contribution in [3.05, 3.63) is 59.1 Å². The Balaban J connectivity index is 1.58. The third-order valence-electron chi connectivity index (χ3n) is 6.11. The average molecular weight is 492 g/mol. The Labute approximate surface area is 195 Å². The molecule has 5 rings (SSSR count). The first-order valence-corrected chi connectivity index (χ1v) is 12.6. The molecule has 0 fully saturated rings. The molecular weight excluding hydrogens is 466 g/mol. The van der Waals surface area contributed by atoms with E-state index in [4.69, 9.17) is 0 Å². The number of halogens is 1. The maximum atomic E-state index is 4.58. The van der Waals surface area contributed by atoms with Crippen LogP contribution in [0.3, 0.4) is 0 Å². The van der Waals surface area contributed by atoms with Crippen molar-refractivity contribution in [2.24, 2.45) is 5.92 Å². The van der Waals surface area contributed by atoms with Crippen LogP contribution >= 0.6 is 27.7 Å². The first-order valence-electron chi connectivity index (χ1n) is 11.1. The minimum atomic E-state index is 0.791. The number of para-hydroxylation sites is 1. The maximum Gasteiger partial charge on any atom is 0.119 e. The summed E-state index contributed by atoms with van der Waals surface area (Å²) in [7, 11) is 0. The van der Waals surface area contributed by atoms with E-state index in [-0.39, 0.29) is 0 Å². The molecule has 31 heavy (non-hydrogen) atoms. The zero-order chi connectivity index (χ0) is 21.4. The van der Waals surface area contributed by atoms with Gasteiger partial charge in [-0.1, -0.05) is 69.5 Å². The van der Waals surface area contributed by atoms with Gasteiger partial charge in [-0.15, -0.1) is 0 Å². The zero-order valence-corrected chi connectivity index (χ0v) is 20.3. The second-order valence-electron chi connectivity index (χ2n) is 8.70. The lowest BCUT2D eigenvalue weighted by molar-refractivity contribution is 0.512. The number of hydrogen-bond acceptors (Lipinski definition) is 3. The second kappa shape index (κ2) is 8.71. The number of aromatic nitrogens is 3. The lowest BCUT2D eigenvalue weighted by Crippen LogP contribution is -1.98. The molecule has 0 aliphatic rings. The largest absolute Gasteiger partial charge is 0.340 e. The van der Waals surface area contributed by atoms with Gasteiger partial charge in [-0.25, -0.2) is 0 Å². The molecule has 2 aromatic heterocycles. The molecule has 3 nitrogen and oxygen atoms in total. The topological polar surface area (TPSA) is 30.7 Å². The fourth-order valence-electron chi connectivity index (χ4n) is 4.53. The quantitative estimate of drug-likeness (QED) is 0.213. The van der Waals surface area contributed by atoms with Crippen molar-refractivity contribution in [3.8, 4) is 11.1 Å². The van der Waals surface area contributed by atoms with E-state index in [1.54, 1.807) is 0 Å². The number of unbranched alkanes of at least 4 members (excludes halogenated alkanes) is 2. The number of fused-ring (bicyclic) bond motifs is 4. The predicted molar refractivity (Wildman–Crippen MR) is 137 cm³/mol. The Morgan fingerprint density at radius 3 is 2.55 bits per heavy atom. The van der Waals surface area contributed by atoms with E-state index in [9.17, 15) is 0 Å². The molecule has 0 spiro atoms. The molecule has 2 heterocycles. The molecule has 0 bridgehead atoms. The van der Waals surface area contributed by atoms with Crippen LogP contribution in [0, 0.1) is 5.92 Å². The Morgan fingerprint density at radius 1 is 0.871 bits per heavy atom. The first-order chi connectivity index (χ1) is 15.1. The minimum Gasteiger partial charge on any atom is -0.340 e. The lowest BCUT2D eigenvalue weighted by Gasteiger charge is -2.10. The van der Waals surface area contributed by atoms with Gasteiger partial charge in [-0.05, 0) is 52.0 Å². The van der Waals surface area contributed by atoms with Crippen molar-refractivity contribution in [3.63, 3.8) is 0 Å². The predicted octanol–water partition coefficient (Wildman–Crippen LogP) is 8.45. The fourth-order valence-corrected chi connectivity index (χ4v) is 5.63. The zero-order valence-electron chi connectivity index (χ0n) is 17.9. The molecule has 0 aliphatic carbocycles. The van der Waals surface area contributed by atoms with Crippen molar-refractivity contribution >= 4 is 60.5 Å². The minimum absolute atomic E-state index is 0.791. The highest BCUT2D eigenvalue weighted by atomic mass is 79.9. The summed E-state index contributed by atoms with van der Waals surface area (Å²) >= 11 is 4.88.